The van der Waals surface area contributed by atoms with E-state index >= 15 is 0 Å². The van der Waals surface area contributed by atoms with Crippen LogP contribution in [0, 0.1) is 11.8 Å². The van der Waals surface area contributed by atoms with Gasteiger partial charge in [0.05, 0.1) is 0 Å². The molecule has 3 fully saturated rings. The van der Waals surface area contributed by atoms with E-state index in [0.29, 0.717) is 18.4 Å². The monoisotopic (exact) mass is 468 g/mol. The van der Waals surface area contributed by atoms with Crippen LogP contribution in [0.1, 0.15) is 75.1 Å². The van der Waals surface area contributed by atoms with Crippen LogP contribution in [0.3, 0.4) is 0 Å². The Hall–Kier alpha value is -1.50. The Balaban J connectivity index is 1.10. The zero-order valence-electron chi connectivity index (χ0n) is 20.0. The lowest BCUT2D eigenvalue weighted by Crippen LogP contribution is -2.46. The number of piperazine rings is 1. The maximum absolute atomic E-state index is 9.37. The van der Waals surface area contributed by atoms with Crippen molar-refractivity contribution in [1.82, 2.24) is 15.1 Å². The number of anilines is 1. The average molecular weight is 469 g/mol. The molecule has 1 N–H and O–H groups in total. The van der Waals surface area contributed by atoms with Crippen LogP contribution in [0.5, 0.6) is 0 Å². The van der Waals surface area contributed by atoms with E-state index in [1.165, 1.54) is 74.4 Å². The summed E-state index contributed by atoms with van der Waals surface area (Å²) >= 11 is 1.76. The summed E-state index contributed by atoms with van der Waals surface area (Å²) in [6.07, 6.45) is 13.2. The second-order valence-electron chi connectivity index (χ2n) is 10.5. The molecule has 2 saturated carbocycles. The molecule has 3 aliphatic rings. The van der Waals surface area contributed by atoms with Crippen molar-refractivity contribution >= 4 is 17.0 Å². The van der Waals surface area contributed by atoms with E-state index in [1.807, 2.05) is 0 Å². The van der Waals surface area contributed by atoms with E-state index in [4.69, 9.17) is 0 Å². The molecule has 1 aromatic carbocycles. The third-order valence-corrected chi connectivity index (χ3v) is 9.46. The molecule has 0 atom stereocenters. The lowest BCUT2D eigenvalue weighted by molar-refractivity contribution is 0.182. The second kappa shape index (κ2) is 11.3. The summed E-state index contributed by atoms with van der Waals surface area (Å²) in [5.74, 6) is 1.99. The predicted octanol–water partition coefficient (Wildman–Crippen LogP) is 5.56. The van der Waals surface area contributed by atoms with Gasteiger partial charge in [-0.15, -0.1) is 10.2 Å². The molecular weight excluding hydrogens is 428 g/mol. The minimum atomic E-state index is 0.329. The quantitative estimate of drug-likeness (QED) is 0.576. The average Bonchev–Trinajstić information content (AvgIpc) is 3.39. The topological polar surface area (TPSA) is 52.5 Å². The number of aliphatic hydroxyl groups excluding tert-OH is 1. The highest BCUT2D eigenvalue weighted by Crippen LogP contribution is 2.38. The molecule has 1 aliphatic heterocycles. The molecule has 2 aliphatic carbocycles. The molecule has 6 heteroatoms. The van der Waals surface area contributed by atoms with Gasteiger partial charge in [0.25, 0.3) is 0 Å². The Labute approximate surface area is 203 Å². The van der Waals surface area contributed by atoms with Crippen molar-refractivity contribution in [2.24, 2.45) is 11.8 Å². The van der Waals surface area contributed by atoms with Crippen molar-refractivity contribution in [2.75, 3.05) is 44.2 Å². The Morgan fingerprint density at radius 3 is 2.24 bits per heavy atom. The Morgan fingerprint density at radius 1 is 0.818 bits per heavy atom. The largest absolute Gasteiger partial charge is 0.396 e. The summed E-state index contributed by atoms with van der Waals surface area (Å²) in [5.41, 5.74) is 2.51. The molecule has 5 rings (SSSR count). The summed E-state index contributed by atoms with van der Waals surface area (Å²) in [5, 5.41) is 20.6. The van der Waals surface area contributed by atoms with Gasteiger partial charge in [0.1, 0.15) is 10.0 Å². The first-order valence-corrected chi connectivity index (χ1v) is 14.1. The fourth-order valence-electron chi connectivity index (χ4n) is 5.99. The van der Waals surface area contributed by atoms with Gasteiger partial charge < -0.3 is 10.0 Å². The first kappa shape index (κ1) is 23.3. The molecule has 0 radical (unpaired) electrons. The van der Waals surface area contributed by atoms with Crippen LogP contribution in [0.2, 0.25) is 0 Å². The normalized spacial score (nSPS) is 25.4. The van der Waals surface area contributed by atoms with Crippen LogP contribution in [0.25, 0.3) is 10.6 Å². The molecule has 5 nitrogen and oxygen atoms in total. The van der Waals surface area contributed by atoms with Crippen molar-refractivity contribution in [3.05, 3.63) is 29.3 Å². The highest BCUT2D eigenvalue weighted by molar-refractivity contribution is 7.14. The van der Waals surface area contributed by atoms with Gasteiger partial charge in [0.15, 0.2) is 0 Å². The van der Waals surface area contributed by atoms with Gasteiger partial charge in [0.2, 0.25) is 0 Å². The molecule has 2 heterocycles. The van der Waals surface area contributed by atoms with Crippen LogP contribution in [-0.2, 0) is 0 Å². The van der Waals surface area contributed by atoms with Gasteiger partial charge in [0, 0.05) is 50.0 Å². The number of benzene rings is 1. The lowest BCUT2D eigenvalue weighted by Gasteiger charge is -2.37. The van der Waals surface area contributed by atoms with Gasteiger partial charge in [-0.05, 0) is 74.8 Å². The summed E-state index contributed by atoms with van der Waals surface area (Å²) in [6.45, 7) is 6.25. The van der Waals surface area contributed by atoms with Gasteiger partial charge in [-0.3, -0.25) is 4.90 Å². The van der Waals surface area contributed by atoms with Gasteiger partial charge in [-0.1, -0.05) is 43.4 Å². The molecule has 1 aromatic heterocycles. The third kappa shape index (κ3) is 5.95. The van der Waals surface area contributed by atoms with Gasteiger partial charge in [-0.2, -0.15) is 0 Å². The van der Waals surface area contributed by atoms with Crippen LogP contribution in [-0.4, -0.2) is 59.5 Å². The summed E-state index contributed by atoms with van der Waals surface area (Å²) in [7, 11) is 0. The van der Waals surface area contributed by atoms with Crippen LogP contribution < -0.4 is 4.90 Å². The smallest absolute Gasteiger partial charge is 0.147 e. The van der Waals surface area contributed by atoms with Crippen molar-refractivity contribution in [2.45, 2.75) is 70.1 Å². The van der Waals surface area contributed by atoms with Gasteiger partial charge in [-0.25, -0.2) is 0 Å². The number of aliphatic hydroxyl groups is 1. The maximum atomic E-state index is 9.37. The van der Waals surface area contributed by atoms with E-state index in [0.717, 1.165) is 49.7 Å². The van der Waals surface area contributed by atoms with E-state index in [9.17, 15) is 5.11 Å². The second-order valence-corrected chi connectivity index (χ2v) is 11.5. The molecule has 0 unspecified atom stereocenters. The first-order valence-electron chi connectivity index (χ1n) is 13.3. The van der Waals surface area contributed by atoms with Crippen LogP contribution in [0.15, 0.2) is 24.3 Å². The van der Waals surface area contributed by atoms with Crippen LogP contribution >= 0.6 is 11.3 Å². The highest BCUT2D eigenvalue weighted by atomic mass is 32.1. The summed E-state index contributed by atoms with van der Waals surface area (Å²) in [6, 6.07) is 8.97. The summed E-state index contributed by atoms with van der Waals surface area (Å²) < 4.78 is 0. The zero-order valence-corrected chi connectivity index (χ0v) is 20.8. The molecular formula is C27H40N4OS. The molecule has 180 valence electrons. The fraction of sp³-hybridized carbons (Fsp3) is 0.704. The standard InChI is InChI=1S/C27H40N4OS/c32-20-22-6-8-23(9-7-22)26-28-29-27(33-26)24-10-12-25(13-11-24)31-18-16-30(17-19-31)15-14-21-4-2-1-3-5-21/h10-13,21-23,32H,1-9,14-20H2/t22-,23-. The molecule has 0 spiro atoms. The minimum absolute atomic E-state index is 0.329. The van der Waals surface area contributed by atoms with E-state index < -0.39 is 0 Å². The van der Waals surface area contributed by atoms with Crippen molar-refractivity contribution in [1.29, 1.82) is 0 Å². The van der Waals surface area contributed by atoms with Crippen molar-refractivity contribution in [3.63, 3.8) is 0 Å². The lowest BCUT2D eigenvalue weighted by atomic mass is 9.83. The molecule has 33 heavy (non-hydrogen) atoms. The molecule has 0 bridgehead atoms. The maximum Gasteiger partial charge on any atom is 0.147 e. The minimum Gasteiger partial charge on any atom is -0.396 e. The predicted molar refractivity (Wildman–Crippen MR) is 137 cm³/mol. The van der Waals surface area contributed by atoms with Crippen molar-refractivity contribution in [3.8, 4) is 10.6 Å². The molecule has 1 saturated heterocycles. The van der Waals surface area contributed by atoms with Crippen LogP contribution in [0.4, 0.5) is 5.69 Å². The third-order valence-electron chi connectivity index (χ3n) is 8.32. The molecule has 2 aromatic rings. The SMILES string of the molecule is OC[C@H]1CC[C@H](c2nnc(-c3ccc(N4CCN(CCC5CCCCC5)CC4)cc3)s2)CC1. The van der Waals surface area contributed by atoms with E-state index in [2.05, 4.69) is 44.3 Å². The Kier molecular flexibility index (Phi) is 7.95. The van der Waals surface area contributed by atoms with Gasteiger partial charge >= 0.3 is 0 Å². The zero-order chi connectivity index (χ0) is 22.5. The van der Waals surface area contributed by atoms with E-state index in [1.54, 1.807) is 11.3 Å². The number of hydrogen-bond donors (Lipinski definition) is 1. The Morgan fingerprint density at radius 2 is 1.55 bits per heavy atom. The molecule has 0 amide bonds. The first-order chi connectivity index (χ1) is 16.3. The number of nitrogens with zero attached hydrogens (tertiary/aromatic N) is 4. The number of rotatable bonds is 7. The number of aromatic nitrogens is 2. The van der Waals surface area contributed by atoms with E-state index in [-0.39, 0.29) is 0 Å². The summed E-state index contributed by atoms with van der Waals surface area (Å²) in [4.78, 5) is 5.21. The Bertz CT molecular complexity index is 847. The fourth-order valence-corrected chi connectivity index (χ4v) is 7.01. The van der Waals surface area contributed by atoms with Crippen molar-refractivity contribution < 1.29 is 5.11 Å². The highest BCUT2D eigenvalue weighted by Gasteiger charge is 2.25. The number of hydrogen-bond acceptors (Lipinski definition) is 6.